The van der Waals surface area contributed by atoms with Gasteiger partial charge in [0, 0.05) is 4.47 Å². The van der Waals surface area contributed by atoms with Gasteiger partial charge in [-0.05, 0) is 30.7 Å². The molecule has 2 aromatic carbocycles. The van der Waals surface area contributed by atoms with E-state index in [0.29, 0.717) is 4.47 Å². The van der Waals surface area contributed by atoms with E-state index in [1.165, 1.54) is 12.1 Å². The number of anilines is 1. The monoisotopic (exact) mass is 379 g/mol. The Kier molecular flexibility index (Phi) is 5.87. The first-order chi connectivity index (χ1) is 10.9. The third-order valence-electron chi connectivity index (χ3n) is 3.04. The summed E-state index contributed by atoms with van der Waals surface area (Å²) < 4.78 is 19.0. The number of aryl methyl sites for hydroxylation is 1. The van der Waals surface area contributed by atoms with Crippen molar-refractivity contribution >= 4 is 33.5 Å². The number of benzene rings is 2. The molecule has 1 amide bonds. The summed E-state index contributed by atoms with van der Waals surface area (Å²) in [6.45, 7) is 1.49. The molecule has 0 aliphatic carbocycles. The zero-order chi connectivity index (χ0) is 16.8. The maximum absolute atomic E-state index is 13.6. The molecule has 23 heavy (non-hydrogen) atoms. The van der Waals surface area contributed by atoms with Gasteiger partial charge in [0.05, 0.1) is 12.1 Å². The first-order valence-corrected chi connectivity index (χ1v) is 7.69. The van der Waals surface area contributed by atoms with Crippen LogP contribution >= 0.6 is 15.9 Å². The third kappa shape index (κ3) is 5.49. The van der Waals surface area contributed by atoms with Gasteiger partial charge in [0.2, 0.25) is 0 Å². The summed E-state index contributed by atoms with van der Waals surface area (Å²) in [6.07, 6.45) is 0.0835. The van der Waals surface area contributed by atoms with E-state index in [0.717, 1.165) is 11.1 Å². The van der Waals surface area contributed by atoms with Crippen molar-refractivity contribution in [2.24, 2.45) is 0 Å². The van der Waals surface area contributed by atoms with E-state index in [4.69, 9.17) is 4.74 Å². The molecule has 0 spiro atoms. The van der Waals surface area contributed by atoms with E-state index in [2.05, 4.69) is 21.2 Å². The van der Waals surface area contributed by atoms with E-state index in [1.54, 1.807) is 6.07 Å². The highest BCUT2D eigenvalue weighted by atomic mass is 79.9. The second-order valence-electron chi connectivity index (χ2n) is 5.00. The van der Waals surface area contributed by atoms with Crippen LogP contribution in [0.15, 0.2) is 46.9 Å². The van der Waals surface area contributed by atoms with Gasteiger partial charge in [-0.25, -0.2) is 4.39 Å². The van der Waals surface area contributed by atoms with Crippen molar-refractivity contribution in [2.75, 3.05) is 11.9 Å². The van der Waals surface area contributed by atoms with Crippen molar-refractivity contribution < 1.29 is 18.7 Å². The van der Waals surface area contributed by atoms with Gasteiger partial charge >= 0.3 is 5.97 Å². The molecule has 2 aromatic rings. The maximum atomic E-state index is 13.6. The van der Waals surface area contributed by atoms with Crippen LogP contribution in [0.2, 0.25) is 0 Å². The third-order valence-corrected chi connectivity index (χ3v) is 3.53. The van der Waals surface area contributed by atoms with Crippen LogP contribution in [0.3, 0.4) is 0 Å². The van der Waals surface area contributed by atoms with Crippen molar-refractivity contribution in [2.45, 2.75) is 13.3 Å². The molecule has 1 N–H and O–H groups in total. The molecule has 6 heteroatoms. The van der Waals surface area contributed by atoms with Crippen molar-refractivity contribution in [3.63, 3.8) is 0 Å². The molecule has 0 fully saturated rings. The first kappa shape index (κ1) is 17.1. The number of nitrogens with one attached hydrogen (secondary N) is 1. The van der Waals surface area contributed by atoms with Gasteiger partial charge in [0.25, 0.3) is 5.91 Å². The highest BCUT2D eigenvalue weighted by Gasteiger charge is 2.11. The molecule has 0 radical (unpaired) electrons. The quantitative estimate of drug-likeness (QED) is 0.807. The number of amides is 1. The number of hydrogen-bond acceptors (Lipinski definition) is 3. The van der Waals surface area contributed by atoms with Crippen LogP contribution in [-0.4, -0.2) is 18.5 Å². The van der Waals surface area contributed by atoms with Crippen LogP contribution in [0.25, 0.3) is 0 Å². The van der Waals surface area contributed by atoms with Crippen molar-refractivity contribution in [3.8, 4) is 0 Å². The normalized spacial score (nSPS) is 10.2. The molecule has 0 atom stereocenters. The summed E-state index contributed by atoms with van der Waals surface area (Å²) >= 11 is 3.13. The summed E-state index contributed by atoms with van der Waals surface area (Å²) in [7, 11) is 0. The predicted molar refractivity (Wildman–Crippen MR) is 88.6 cm³/mol. The van der Waals surface area contributed by atoms with Gasteiger partial charge in [-0.1, -0.05) is 45.8 Å². The molecule has 0 heterocycles. The predicted octanol–water partition coefficient (Wildman–Crippen LogP) is 3.62. The lowest BCUT2D eigenvalue weighted by atomic mass is 10.1. The van der Waals surface area contributed by atoms with Gasteiger partial charge in [0.15, 0.2) is 6.61 Å². The minimum atomic E-state index is -0.594. The Morgan fingerprint density at radius 3 is 2.52 bits per heavy atom. The molecule has 0 unspecified atom stereocenters. The van der Waals surface area contributed by atoms with Crippen LogP contribution < -0.4 is 5.32 Å². The Bertz CT molecular complexity index is 716. The minimum Gasteiger partial charge on any atom is -0.455 e. The van der Waals surface area contributed by atoms with E-state index in [9.17, 15) is 14.0 Å². The molecule has 0 saturated heterocycles. The van der Waals surface area contributed by atoms with Gasteiger partial charge < -0.3 is 10.1 Å². The number of esters is 1. The lowest BCUT2D eigenvalue weighted by molar-refractivity contribution is -0.146. The molecule has 0 aliphatic rings. The summed E-state index contributed by atoms with van der Waals surface area (Å²) in [5.41, 5.74) is 1.94. The summed E-state index contributed by atoms with van der Waals surface area (Å²) in [5.74, 6) is -1.68. The second kappa shape index (κ2) is 7.87. The Balaban J connectivity index is 1.81. The second-order valence-corrected chi connectivity index (χ2v) is 5.91. The average molecular weight is 380 g/mol. The SMILES string of the molecule is Cc1ccc(CC(=O)OCC(=O)Nc2ccc(Br)cc2F)cc1. The number of hydrogen-bond donors (Lipinski definition) is 1. The topological polar surface area (TPSA) is 55.4 Å². The Morgan fingerprint density at radius 2 is 1.87 bits per heavy atom. The highest BCUT2D eigenvalue weighted by molar-refractivity contribution is 9.10. The maximum Gasteiger partial charge on any atom is 0.310 e. The number of rotatable bonds is 5. The van der Waals surface area contributed by atoms with Crippen LogP contribution in [0.4, 0.5) is 10.1 Å². The summed E-state index contributed by atoms with van der Waals surface area (Å²) in [5, 5.41) is 2.35. The van der Waals surface area contributed by atoms with E-state index in [-0.39, 0.29) is 12.1 Å². The fourth-order valence-corrected chi connectivity index (χ4v) is 2.18. The van der Waals surface area contributed by atoms with E-state index in [1.807, 2.05) is 31.2 Å². The molecule has 0 saturated carbocycles. The standard InChI is InChI=1S/C17H15BrFNO3/c1-11-2-4-12(5-3-11)8-17(22)23-10-16(21)20-15-7-6-13(18)9-14(15)19/h2-7,9H,8,10H2,1H3,(H,20,21). The Hall–Kier alpha value is -2.21. The number of carbonyl (C=O) groups excluding carboxylic acids is 2. The summed E-state index contributed by atoms with van der Waals surface area (Å²) in [6, 6.07) is 11.7. The summed E-state index contributed by atoms with van der Waals surface area (Å²) in [4.78, 5) is 23.4. The zero-order valence-corrected chi connectivity index (χ0v) is 14.0. The molecule has 4 nitrogen and oxygen atoms in total. The fraction of sp³-hybridized carbons (Fsp3) is 0.176. The number of ether oxygens (including phenoxy) is 1. The molecule has 2 rings (SSSR count). The first-order valence-electron chi connectivity index (χ1n) is 6.90. The van der Waals surface area contributed by atoms with Crippen molar-refractivity contribution in [1.29, 1.82) is 0 Å². The van der Waals surface area contributed by atoms with E-state index >= 15 is 0 Å². The van der Waals surface area contributed by atoms with Crippen molar-refractivity contribution in [3.05, 3.63) is 63.9 Å². The average Bonchev–Trinajstić information content (AvgIpc) is 2.50. The fourth-order valence-electron chi connectivity index (χ4n) is 1.85. The molecule has 0 aliphatic heterocycles. The lowest BCUT2D eigenvalue weighted by Crippen LogP contribution is -2.22. The Labute approximate surface area is 141 Å². The van der Waals surface area contributed by atoms with E-state index < -0.39 is 24.3 Å². The van der Waals surface area contributed by atoms with Crippen LogP contribution in [0.1, 0.15) is 11.1 Å². The van der Waals surface area contributed by atoms with Gasteiger partial charge in [-0.3, -0.25) is 9.59 Å². The molecule has 0 aromatic heterocycles. The molecular weight excluding hydrogens is 365 g/mol. The smallest absolute Gasteiger partial charge is 0.310 e. The lowest BCUT2D eigenvalue weighted by Gasteiger charge is -2.08. The highest BCUT2D eigenvalue weighted by Crippen LogP contribution is 2.19. The van der Waals surface area contributed by atoms with Crippen LogP contribution in [-0.2, 0) is 20.7 Å². The largest absolute Gasteiger partial charge is 0.455 e. The minimum absolute atomic E-state index is 0.0350. The molecular formula is C17H15BrFNO3. The number of halogens is 2. The molecule has 0 bridgehead atoms. The van der Waals surface area contributed by atoms with Crippen LogP contribution in [0.5, 0.6) is 0 Å². The zero-order valence-electron chi connectivity index (χ0n) is 12.4. The van der Waals surface area contributed by atoms with Gasteiger partial charge in [0.1, 0.15) is 5.82 Å². The van der Waals surface area contributed by atoms with Crippen LogP contribution in [0, 0.1) is 12.7 Å². The van der Waals surface area contributed by atoms with Crippen molar-refractivity contribution in [1.82, 2.24) is 0 Å². The Morgan fingerprint density at radius 1 is 1.17 bits per heavy atom. The van der Waals surface area contributed by atoms with Gasteiger partial charge in [-0.15, -0.1) is 0 Å². The molecule has 120 valence electrons. The van der Waals surface area contributed by atoms with Gasteiger partial charge in [-0.2, -0.15) is 0 Å². The number of carbonyl (C=O) groups is 2.